The molecule has 1 aromatic heterocycles. The van der Waals surface area contributed by atoms with E-state index >= 15 is 0 Å². The van der Waals surface area contributed by atoms with Gasteiger partial charge in [-0.2, -0.15) is 0 Å². The lowest BCUT2D eigenvalue weighted by Crippen LogP contribution is -2.16. The van der Waals surface area contributed by atoms with Crippen LogP contribution in [0.4, 0.5) is 5.69 Å². The molecule has 0 amide bonds. The van der Waals surface area contributed by atoms with Crippen molar-refractivity contribution in [3.63, 3.8) is 0 Å². The molecule has 1 aromatic carbocycles. The van der Waals surface area contributed by atoms with Gasteiger partial charge in [0.05, 0.1) is 11.4 Å². The minimum atomic E-state index is 0.757. The average molecular weight is 345 g/mol. The molecular formula is C22H23N3O. The Morgan fingerprint density at radius 1 is 1.27 bits per heavy atom. The van der Waals surface area contributed by atoms with Crippen molar-refractivity contribution in [2.24, 2.45) is 4.99 Å². The van der Waals surface area contributed by atoms with Crippen molar-refractivity contribution in [1.82, 2.24) is 5.16 Å². The van der Waals surface area contributed by atoms with Gasteiger partial charge in [0.2, 0.25) is 0 Å². The van der Waals surface area contributed by atoms with Crippen LogP contribution >= 0.6 is 0 Å². The van der Waals surface area contributed by atoms with E-state index in [-0.39, 0.29) is 0 Å². The smallest absolute Gasteiger partial charge is 0.141 e. The molecule has 0 bridgehead atoms. The van der Waals surface area contributed by atoms with Gasteiger partial charge >= 0.3 is 0 Å². The number of nitrogens with one attached hydrogen (secondary N) is 1. The van der Waals surface area contributed by atoms with E-state index in [1.807, 2.05) is 32.9 Å². The Kier molecular flexibility index (Phi) is 4.76. The fraction of sp³-hybridized carbons (Fsp3) is 0.182. The third kappa shape index (κ3) is 2.94. The highest BCUT2D eigenvalue weighted by atomic mass is 16.5. The normalized spacial score (nSPS) is 14.6. The summed E-state index contributed by atoms with van der Waals surface area (Å²) in [5.41, 5.74) is 8.61. The number of nitrogens with zero attached hydrogens (tertiary/aromatic N) is 2. The number of aromatic nitrogens is 1. The van der Waals surface area contributed by atoms with Gasteiger partial charge in [0.1, 0.15) is 5.76 Å². The number of aryl methyl sites for hydroxylation is 3. The molecule has 26 heavy (non-hydrogen) atoms. The number of allylic oxidation sites excluding steroid dienone is 4. The van der Waals surface area contributed by atoms with E-state index in [4.69, 9.17) is 4.52 Å². The Hall–Kier alpha value is -3.14. The van der Waals surface area contributed by atoms with Crippen LogP contribution in [-0.2, 0) is 0 Å². The molecule has 0 saturated carbocycles. The summed E-state index contributed by atoms with van der Waals surface area (Å²) >= 11 is 0. The van der Waals surface area contributed by atoms with Crippen LogP contribution in [0.15, 0.2) is 64.9 Å². The van der Waals surface area contributed by atoms with E-state index in [1.54, 1.807) is 6.20 Å². The topological polar surface area (TPSA) is 50.4 Å². The Morgan fingerprint density at radius 2 is 2.04 bits per heavy atom. The highest BCUT2D eigenvalue weighted by molar-refractivity contribution is 6.38. The van der Waals surface area contributed by atoms with Crippen LogP contribution in [0.1, 0.15) is 35.1 Å². The summed E-state index contributed by atoms with van der Waals surface area (Å²) in [6, 6.07) is 6.31. The van der Waals surface area contributed by atoms with Gasteiger partial charge in [-0.1, -0.05) is 36.0 Å². The summed E-state index contributed by atoms with van der Waals surface area (Å²) in [5.74, 6) is 0.757. The molecule has 0 radical (unpaired) electrons. The summed E-state index contributed by atoms with van der Waals surface area (Å²) in [4.78, 5) is 4.54. The molecule has 0 saturated heterocycles. The maximum absolute atomic E-state index is 5.43. The van der Waals surface area contributed by atoms with E-state index in [1.165, 1.54) is 5.56 Å². The van der Waals surface area contributed by atoms with Gasteiger partial charge in [0.15, 0.2) is 0 Å². The van der Waals surface area contributed by atoms with Crippen molar-refractivity contribution in [2.45, 2.75) is 27.7 Å². The van der Waals surface area contributed by atoms with Crippen molar-refractivity contribution in [3.8, 4) is 0 Å². The first kappa shape index (κ1) is 17.7. The summed E-state index contributed by atoms with van der Waals surface area (Å²) in [7, 11) is 0. The van der Waals surface area contributed by atoms with Crippen LogP contribution in [-0.4, -0.2) is 10.9 Å². The molecule has 0 spiro atoms. The van der Waals surface area contributed by atoms with Crippen LogP contribution in [0.3, 0.4) is 0 Å². The van der Waals surface area contributed by atoms with Crippen molar-refractivity contribution in [1.29, 1.82) is 0 Å². The van der Waals surface area contributed by atoms with Gasteiger partial charge in [0, 0.05) is 39.9 Å². The number of aliphatic imine (C=N–C) groups is 1. The molecule has 1 aliphatic heterocycles. The first-order valence-corrected chi connectivity index (χ1v) is 8.54. The SMILES string of the molecule is C=C/N=C(\C=C/C)C1=C(c2c(C)noc2C)C(=C)Nc2ccc(C)cc21. The lowest BCUT2D eigenvalue weighted by molar-refractivity contribution is 0.393. The largest absolute Gasteiger partial charge is 0.361 e. The summed E-state index contributed by atoms with van der Waals surface area (Å²) < 4.78 is 5.43. The third-order valence-electron chi connectivity index (χ3n) is 4.38. The zero-order valence-electron chi connectivity index (χ0n) is 15.7. The summed E-state index contributed by atoms with van der Waals surface area (Å²) in [6.45, 7) is 16.0. The van der Waals surface area contributed by atoms with E-state index in [9.17, 15) is 0 Å². The molecule has 1 aliphatic rings. The zero-order valence-corrected chi connectivity index (χ0v) is 15.7. The van der Waals surface area contributed by atoms with Crippen LogP contribution in [0.25, 0.3) is 11.1 Å². The molecule has 0 unspecified atom stereocenters. The zero-order chi connectivity index (χ0) is 18.8. The van der Waals surface area contributed by atoms with Crippen molar-refractivity contribution in [2.75, 3.05) is 5.32 Å². The van der Waals surface area contributed by atoms with Crippen molar-refractivity contribution >= 4 is 22.5 Å². The summed E-state index contributed by atoms with van der Waals surface area (Å²) in [5, 5.41) is 7.55. The molecule has 132 valence electrons. The number of benzene rings is 1. The number of fused-ring (bicyclic) bond motifs is 1. The molecule has 2 heterocycles. The van der Waals surface area contributed by atoms with E-state index in [0.717, 1.165) is 50.8 Å². The fourth-order valence-electron chi connectivity index (χ4n) is 3.31. The molecule has 0 fully saturated rings. The lowest BCUT2D eigenvalue weighted by Gasteiger charge is -2.27. The highest BCUT2D eigenvalue weighted by Crippen LogP contribution is 2.43. The van der Waals surface area contributed by atoms with Gasteiger partial charge in [0.25, 0.3) is 0 Å². The Morgan fingerprint density at radius 3 is 2.65 bits per heavy atom. The minimum Gasteiger partial charge on any atom is -0.361 e. The van der Waals surface area contributed by atoms with Crippen LogP contribution in [0, 0.1) is 20.8 Å². The molecule has 4 heteroatoms. The standard InChI is InChI=1S/C22H23N3O/c1-7-9-19(23-8-2)22-17-12-13(3)10-11-18(17)24-14(4)21(22)20-15(5)25-26-16(20)6/h7-12,24H,2,4H2,1,3,5-6H3/b9-7-,23-19+. The Bertz CT molecular complexity index is 967. The Balaban J connectivity index is 2.46. The molecule has 4 nitrogen and oxygen atoms in total. The number of hydrogen-bond donors (Lipinski definition) is 1. The van der Waals surface area contributed by atoms with Crippen molar-refractivity contribution < 1.29 is 4.52 Å². The Labute approximate surface area is 154 Å². The maximum atomic E-state index is 5.43. The van der Waals surface area contributed by atoms with E-state index in [2.05, 4.69) is 53.7 Å². The predicted molar refractivity (Wildman–Crippen MR) is 109 cm³/mol. The van der Waals surface area contributed by atoms with Gasteiger partial charge in [-0.25, -0.2) is 0 Å². The second kappa shape index (κ2) is 7.00. The quantitative estimate of drug-likeness (QED) is 0.733. The van der Waals surface area contributed by atoms with Crippen molar-refractivity contribution in [3.05, 3.63) is 83.6 Å². The predicted octanol–water partition coefficient (Wildman–Crippen LogP) is 5.61. The lowest BCUT2D eigenvalue weighted by atomic mass is 9.84. The molecule has 0 atom stereocenters. The monoisotopic (exact) mass is 345 g/mol. The number of rotatable bonds is 4. The molecule has 3 rings (SSSR count). The van der Waals surface area contributed by atoms with E-state index < -0.39 is 0 Å². The van der Waals surface area contributed by atoms with E-state index in [0.29, 0.717) is 0 Å². The molecule has 1 N–H and O–H groups in total. The highest BCUT2D eigenvalue weighted by Gasteiger charge is 2.28. The molecule has 0 aliphatic carbocycles. The first-order chi connectivity index (χ1) is 12.5. The first-order valence-electron chi connectivity index (χ1n) is 8.54. The second-order valence-corrected chi connectivity index (χ2v) is 6.30. The summed E-state index contributed by atoms with van der Waals surface area (Å²) in [6.07, 6.45) is 5.52. The van der Waals surface area contributed by atoms with Gasteiger partial charge in [-0.3, -0.25) is 4.99 Å². The third-order valence-corrected chi connectivity index (χ3v) is 4.38. The fourth-order valence-corrected chi connectivity index (χ4v) is 3.31. The average Bonchev–Trinajstić information content (AvgIpc) is 2.93. The van der Waals surface area contributed by atoms with Crippen LogP contribution in [0.2, 0.25) is 0 Å². The van der Waals surface area contributed by atoms with Crippen LogP contribution < -0.4 is 5.32 Å². The van der Waals surface area contributed by atoms with Gasteiger partial charge in [-0.15, -0.1) is 0 Å². The second-order valence-electron chi connectivity index (χ2n) is 6.30. The number of hydrogen-bond acceptors (Lipinski definition) is 4. The molecular weight excluding hydrogens is 322 g/mol. The number of anilines is 1. The minimum absolute atomic E-state index is 0.757. The maximum Gasteiger partial charge on any atom is 0.141 e. The van der Waals surface area contributed by atoms with Gasteiger partial charge in [-0.05, 0) is 45.9 Å². The van der Waals surface area contributed by atoms with Gasteiger partial charge < -0.3 is 9.84 Å². The van der Waals surface area contributed by atoms with Crippen LogP contribution in [0.5, 0.6) is 0 Å². The molecule has 2 aromatic rings.